The van der Waals surface area contributed by atoms with E-state index < -0.39 is 0 Å². The molecule has 0 saturated heterocycles. The molecule has 0 heterocycles. The first-order valence-electron chi connectivity index (χ1n) is 7.43. The lowest BCUT2D eigenvalue weighted by atomic mass is 10.1. The predicted octanol–water partition coefficient (Wildman–Crippen LogP) is 4.53. The lowest BCUT2D eigenvalue weighted by Crippen LogP contribution is -2.34. The summed E-state index contributed by atoms with van der Waals surface area (Å²) in [5.41, 5.74) is 1.05. The topological polar surface area (TPSA) is 12.0 Å². The molecule has 112 valence electrons. The number of hydrogen-bond acceptors (Lipinski definition) is 2. The van der Waals surface area contributed by atoms with Crippen molar-refractivity contribution in [2.45, 2.75) is 30.7 Å². The van der Waals surface area contributed by atoms with Crippen molar-refractivity contribution in [3.63, 3.8) is 0 Å². The molecule has 2 aromatic carbocycles. The Kier molecular flexibility index (Phi) is 6.77. The molecule has 3 heteroatoms. The molecule has 1 atom stereocenters. The van der Waals surface area contributed by atoms with Gasteiger partial charge in [0.15, 0.2) is 0 Å². The maximum Gasteiger partial charge on any atom is 0.123 e. The molecule has 0 aliphatic rings. The first kappa shape index (κ1) is 16.1. The minimum absolute atomic E-state index is 0.155. The van der Waals surface area contributed by atoms with Crippen LogP contribution in [0.25, 0.3) is 0 Å². The fraction of sp³-hybridized carbons (Fsp3) is 0.333. The third-order valence-electron chi connectivity index (χ3n) is 3.25. The van der Waals surface area contributed by atoms with Crippen molar-refractivity contribution < 1.29 is 4.39 Å². The smallest absolute Gasteiger partial charge is 0.123 e. The van der Waals surface area contributed by atoms with Gasteiger partial charge in [-0.05, 0) is 49.2 Å². The van der Waals surface area contributed by atoms with Gasteiger partial charge in [-0.3, -0.25) is 0 Å². The van der Waals surface area contributed by atoms with Gasteiger partial charge in [0, 0.05) is 16.7 Å². The van der Waals surface area contributed by atoms with E-state index >= 15 is 0 Å². The van der Waals surface area contributed by atoms with Gasteiger partial charge in [0.2, 0.25) is 0 Å². The predicted molar refractivity (Wildman–Crippen MR) is 89.4 cm³/mol. The molecule has 0 saturated carbocycles. The van der Waals surface area contributed by atoms with E-state index in [1.165, 1.54) is 11.0 Å². The van der Waals surface area contributed by atoms with Gasteiger partial charge in [-0.15, -0.1) is 11.8 Å². The maximum absolute atomic E-state index is 13.3. The van der Waals surface area contributed by atoms with Crippen LogP contribution in [0.4, 0.5) is 4.39 Å². The largest absolute Gasteiger partial charge is 0.313 e. The van der Waals surface area contributed by atoms with Gasteiger partial charge >= 0.3 is 0 Å². The Labute approximate surface area is 131 Å². The van der Waals surface area contributed by atoms with E-state index in [0.717, 1.165) is 30.7 Å². The zero-order chi connectivity index (χ0) is 14.9. The number of rotatable bonds is 8. The molecular weight excluding hydrogens is 281 g/mol. The molecule has 21 heavy (non-hydrogen) atoms. The highest BCUT2D eigenvalue weighted by Crippen LogP contribution is 2.19. The van der Waals surface area contributed by atoms with E-state index in [1.807, 2.05) is 23.9 Å². The van der Waals surface area contributed by atoms with E-state index in [-0.39, 0.29) is 5.82 Å². The molecule has 0 aliphatic heterocycles. The van der Waals surface area contributed by atoms with Crippen molar-refractivity contribution in [2.75, 3.05) is 12.3 Å². The molecule has 0 amide bonds. The molecule has 0 radical (unpaired) electrons. The highest BCUT2D eigenvalue weighted by molar-refractivity contribution is 7.99. The quantitative estimate of drug-likeness (QED) is 0.719. The Morgan fingerprint density at radius 2 is 1.90 bits per heavy atom. The van der Waals surface area contributed by atoms with Crippen LogP contribution in [-0.4, -0.2) is 18.3 Å². The lowest BCUT2D eigenvalue weighted by Gasteiger charge is -2.18. The van der Waals surface area contributed by atoms with Crippen LogP contribution in [0.5, 0.6) is 0 Å². The molecule has 0 aliphatic carbocycles. The summed E-state index contributed by atoms with van der Waals surface area (Å²) in [4.78, 5) is 1.28. The Morgan fingerprint density at radius 3 is 2.62 bits per heavy atom. The molecule has 2 rings (SSSR count). The van der Waals surface area contributed by atoms with Crippen molar-refractivity contribution >= 4 is 11.8 Å². The Hall–Kier alpha value is -1.32. The Bertz CT molecular complexity index is 530. The van der Waals surface area contributed by atoms with Crippen LogP contribution in [0.2, 0.25) is 0 Å². The lowest BCUT2D eigenvalue weighted by molar-refractivity contribution is 0.547. The summed E-state index contributed by atoms with van der Waals surface area (Å²) in [6.07, 6.45) is 1.97. The first-order chi connectivity index (χ1) is 10.3. The minimum Gasteiger partial charge on any atom is -0.313 e. The summed E-state index contributed by atoms with van der Waals surface area (Å²) in [5.74, 6) is 0.831. The Morgan fingerprint density at radius 1 is 1.10 bits per heavy atom. The summed E-state index contributed by atoms with van der Waals surface area (Å²) in [7, 11) is 0. The van der Waals surface area contributed by atoms with Crippen molar-refractivity contribution in [2.24, 2.45) is 0 Å². The van der Waals surface area contributed by atoms with Gasteiger partial charge in [0.1, 0.15) is 5.82 Å². The van der Waals surface area contributed by atoms with Gasteiger partial charge in [0.25, 0.3) is 0 Å². The van der Waals surface area contributed by atoms with E-state index in [2.05, 4.69) is 36.5 Å². The van der Waals surface area contributed by atoms with Crippen LogP contribution in [-0.2, 0) is 6.42 Å². The third-order valence-corrected chi connectivity index (χ3v) is 4.42. The number of thioether (sulfide) groups is 1. The monoisotopic (exact) mass is 303 g/mol. The second-order valence-corrected chi connectivity index (χ2v) is 6.20. The van der Waals surface area contributed by atoms with Crippen molar-refractivity contribution in [1.29, 1.82) is 0 Å². The standard InChI is InChI=1S/C18H22FNS/c1-2-11-20-17(13-15-7-6-8-16(19)12-15)14-21-18-9-4-3-5-10-18/h3-10,12,17,20H,2,11,13-14H2,1H3. The maximum atomic E-state index is 13.3. The van der Waals surface area contributed by atoms with E-state index in [1.54, 1.807) is 12.1 Å². The zero-order valence-corrected chi connectivity index (χ0v) is 13.2. The van der Waals surface area contributed by atoms with E-state index in [4.69, 9.17) is 0 Å². The summed E-state index contributed by atoms with van der Waals surface area (Å²) < 4.78 is 13.3. The fourth-order valence-electron chi connectivity index (χ4n) is 2.20. The highest BCUT2D eigenvalue weighted by atomic mass is 32.2. The second kappa shape index (κ2) is 8.85. The number of hydrogen-bond donors (Lipinski definition) is 1. The van der Waals surface area contributed by atoms with Crippen LogP contribution >= 0.6 is 11.8 Å². The van der Waals surface area contributed by atoms with Crippen LogP contribution in [0.1, 0.15) is 18.9 Å². The molecule has 2 aromatic rings. The Balaban J connectivity index is 1.94. The molecule has 0 aromatic heterocycles. The third kappa shape index (κ3) is 5.90. The SMILES string of the molecule is CCCNC(CSc1ccccc1)Cc1cccc(F)c1. The average Bonchev–Trinajstić information content (AvgIpc) is 2.51. The number of benzene rings is 2. The molecular formula is C18H22FNS. The fourth-order valence-corrected chi connectivity index (χ4v) is 3.18. The van der Waals surface area contributed by atoms with Gasteiger partial charge < -0.3 is 5.32 Å². The molecule has 1 nitrogen and oxygen atoms in total. The average molecular weight is 303 g/mol. The van der Waals surface area contributed by atoms with Crippen LogP contribution in [0, 0.1) is 5.82 Å². The minimum atomic E-state index is -0.155. The van der Waals surface area contributed by atoms with Gasteiger partial charge in [-0.1, -0.05) is 37.3 Å². The summed E-state index contributed by atoms with van der Waals surface area (Å²) in [5, 5.41) is 3.56. The van der Waals surface area contributed by atoms with Gasteiger partial charge in [-0.2, -0.15) is 0 Å². The van der Waals surface area contributed by atoms with Gasteiger partial charge in [-0.25, -0.2) is 4.39 Å². The van der Waals surface area contributed by atoms with E-state index in [0.29, 0.717) is 6.04 Å². The molecule has 0 fully saturated rings. The molecule has 0 spiro atoms. The summed E-state index contributed by atoms with van der Waals surface area (Å²) >= 11 is 1.85. The van der Waals surface area contributed by atoms with Crippen molar-refractivity contribution in [3.05, 3.63) is 66.0 Å². The van der Waals surface area contributed by atoms with Crippen molar-refractivity contribution in [3.8, 4) is 0 Å². The summed E-state index contributed by atoms with van der Waals surface area (Å²) in [6.45, 7) is 3.16. The molecule has 0 bridgehead atoms. The van der Waals surface area contributed by atoms with Crippen LogP contribution in [0.3, 0.4) is 0 Å². The van der Waals surface area contributed by atoms with Crippen LogP contribution in [0.15, 0.2) is 59.5 Å². The normalized spacial score (nSPS) is 12.3. The van der Waals surface area contributed by atoms with E-state index in [9.17, 15) is 4.39 Å². The highest BCUT2D eigenvalue weighted by Gasteiger charge is 2.10. The molecule has 1 unspecified atom stereocenters. The first-order valence-corrected chi connectivity index (χ1v) is 8.42. The van der Waals surface area contributed by atoms with Crippen molar-refractivity contribution in [1.82, 2.24) is 5.32 Å². The number of halogens is 1. The molecule has 1 N–H and O–H groups in total. The van der Waals surface area contributed by atoms with Crippen LogP contribution < -0.4 is 5.32 Å². The summed E-state index contributed by atoms with van der Waals surface area (Å²) in [6, 6.07) is 17.7. The van der Waals surface area contributed by atoms with Gasteiger partial charge in [0.05, 0.1) is 0 Å². The zero-order valence-electron chi connectivity index (χ0n) is 12.4. The number of nitrogens with one attached hydrogen (secondary N) is 1. The second-order valence-electron chi connectivity index (χ2n) is 5.11.